The molecular formula is C26H23ClN4O2. The molecule has 3 heterocycles. The van der Waals surface area contributed by atoms with Crippen molar-refractivity contribution in [3.63, 3.8) is 0 Å². The van der Waals surface area contributed by atoms with Crippen molar-refractivity contribution in [2.24, 2.45) is 5.92 Å². The molecule has 0 bridgehead atoms. The quantitative estimate of drug-likeness (QED) is 0.404. The number of hydrogen-bond acceptors (Lipinski definition) is 3. The Morgan fingerprint density at radius 1 is 1.12 bits per heavy atom. The summed E-state index contributed by atoms with van der Waals surface area (Å²) in [7, 11) is 0. The Kier molecular flexibility index (Phi) is 5.60. The van der Waals surface area contributed by atoms with Crippen LogP contribution in [0.1, 0.15) is 30.1 Å². The molecule has 0 atom stereocenters. The van der Waals surface area contributed by atoms with Gasteiger partial charge < -0.3 is 14.6 Å². The number of halogens is 1. The zero-order valence-electron chi connectivity index (χ0n) is 18.2. The van der Waals surface area contributed by atoms with E-state index >= 15 is 0 Å². The summed E-state index contributed by atoms with van der Waals surface area (Å²) in [6.45, 7) is 2.27. The van der Waals surface area contributed by atoms with Gasteiger partial charge in [-0.05, 0) is 67.3 Å². The lowest BCUT2D eigenvalue weighted by Crippen LogP contribution is -2.30. The Hall–Kier alpha value is -3.64. The number of anilines is 2. The van der Waals surface area contributed by atoms with Gasteiger partial charge in [-0.25, -0.2) is 0 Å². The lowest BCUT2D eigenvalue weighted by molar-refractivity contribution is -0.116. The van der Waals surface area contributed by atoms with E-state index in [2.05, 4.69) is 10.3 Å². The van der Waals surface area contributed by atoms with Gasteiger partial charge in [-0.3, -0.25) is 14.6 Å². The van der Waals surface area contributed by atoms with Gasteiger partial charge in [0, 0.05) is 48.8 Å². The van der Waals surface area contributed by atoms with E-state index < -0.39 is 0 Å². The first-order valence-corrected chi connectivity index (χ1v) is 11.3. The molecule has 33 heavy (non-hydrogen) atoms. The fourth-order valence-electron chi connectivity index (χ4n) is 3.85. The molecule has 6 nitrogen and oxygen atoms in total. The van der Waals surface area contributed by atoms with Crippen LogP contribution in [0, 0.1) is 5.92 Å². The number of aromatic nitrogens is 2. The van der Waals surface area contributed by atoms with Crippen molar-refractivity contribution in [3.05, 3.63) is 83.8 Å². The summed E-state index contributed by atoms with van der Waals surface area (Å²) < 4.78 is 1.98. The van der Waals surface area contributed by atoms with Crippen molar-refractivity contribution in [2.75, 3.05) is 16.8 Å². The summed E-state index contributed by atoms with van der Waals surface area (Å²) in [5.41, 5.74) is 4.43. The molecule has 0 spiro atoms. The van der Waals surface area contributed by atoms with Crippen LogP contribution in [-0.4, -0.2) is 27.7 Å². The molecule has 1 aromatic carbocycles. The second kappa shape index (κ2) is 8.71. The van der Waals surface area contributed by atoms with Crippen LogP contribution < -0.4 is 10.2 Å². The summed E-state index contributed by atoms with van der Waals surface area (Å²) in [6.07, 6.45) is 7.72. The van der Waals surface area contributed by atoms with Gasteiger partial charge in [0.2, 0.25) is 5.91 Å². The largest absolute Gasteiger partial charge is 0.324 e. The average Bonchev–Trinajstić information content (AvgIpc) is 3.52. The van der Waals surface area contributed by atoms with Crippen molar-refractivity contribution >= 4 is 40.3 Å². The molecule has 7 heteroatoms. The Labute approximate surface area is 196 Å². The van der Waals surface area contributed by atoms with Crippen LogP contribution in [0.25, 0.3) is 16.8 Å². The topological polar surface area (TPSA) is 66.7 Å². The van der Waals surface area contributed by atoms with Crippen LogP contribution >= 0.6 is 11.6 Å². The van der Waals surface area contributed by atoms with Gasteiger partial charge in [-0.15, -0.1) is 0 Å². The number of nitrogens with one attached hydrogen (secondary N) is 1. The Balaban J connectivity index is 1.31. The molecule has 5 rings (SSSR count). The van der Waals surface area contributed by atoms with E-state index in [9.17, 15) is 9.59 Å². The number of fused-ring (bicyclic) bond motifs is 1. The molecule has 4 aromatic rings. The molecule has 2 amide bonds. The SMILES string of the molecule is CC(=O)N(CC1CC1)c1ccc(-c2ccc(C(=O)Nc3ccn4cccc4c3)cn2)cc1Cl. The van der Waals surface area contributed by atoms with Gasteiger partial charge in [-0.2, -0.15) is 0 Å². The number of carbonyl (C=O) groups excluding carboxylic acids is 2. The predicted octanol–water partition coefficient (Wildman–Crippen LogP) is 5.67. The minimum absolute atomic E-state index is 0.0128. The summed E-state index contributed by atoms with van der Waals surface area (Å²) in [5.74, 6) is 0.326. The lowest BCUT2D eigenvalue weighted by Gasteiger charge is -2.22. The Morgan fingerprint density at radius 2 is 1.97 bits per heavy atom. The first-order valence-electron chi connectivity index (χ1n) is 10.9. The summed E-state index contributed by atoms with van der Waals surface area (Å²) in [4.78, 5) is 31.0. The Bertz CT molecular complexity index is 1340. The number of amides is 2. The minimum atomic E-state index is -0.226. The molecule has 1 fully saturated rings. The maximum absolute atomic E-state index is 12.7. The molecule has 1 saturated carbocycles. The third kappa shape index (κ3) is 4.61. The average molecular weight is 459 g/mol. The summed E-state index contributed by atoms with van der Waals surface area (Å²) in [5, 5.41) is 3.42. The molecule has 0 unspecified atom stereocenters. The molecule has 166 valence electrons. The van der Waals surface area contributed by atoms with E-state index in [4.69, 9.17) is 11.6 Å². The number of rotatable bonds is 6. The molecule has 1 aliphatic rings. The van der Waals surface area contributed by atoms with E-state index in [1.165, 1.54) is 0 Å². The van der Waals surface area contributed by atoms with Crippen molar-refractivity contribution < 1.29 is 9.59 Å². The number of hydrogen-bond donors (Lipinski definition) is 1. The third-order valence-electron chi connectivity index (χ3n) is 5.87. The number of carbonyl (C=O) groups is 2. The van der Waals surface area contributed by atoms with Crippen LogP contribution in [0.5, 0.6) is 0 Å². The molecule has 3 aromatic heterocycles. The first kappa shape index (κ1) is 21.2. The van der Waals surface area contributed by atoms with Crippen molar-refractivity contribution in [1.82, 2.24) is 9.38 Å². The van der Waals surface area contributed by atoms with Crippen molar-refractivity contribution in [2.45, 2.75) is 19.8 Å². The zero-order valence-corrected chi connectivity index (χ0v) is 18.9. The van der Waals surface area contributed by atoms with Gasteiger partial charge >= 0.3 is 0 Å². The minimum Gasteiger partial charge on any atom is -0.324 e. The monoisotopic (exact) mass is 458 g/mol. The van der Waals surface area contributed by atoms with Gasteiger partial charge in [0.15, 0.2) is 0 Å². The van der Waals surface area contributed by atoms with Crippen LogP contribution in [0.15, 0.2) is 73.2 Å². The molecule has 0 aliphatic heterocycles. The van der Waals surface area contributed by atoms with Crippen LogP contribution in [0.2, 0.25) is 5.02 Å². The number of benzene rings is 1. The highest BCUT2D eigenvalue weighted by Gasteiger charge is 2.27. The second-order valence-corrected chi connectivity index (χ2v) is 8.79. The van der Waals surface area contributed by atoms with Gasteiger partial charge in [0.05, 0.1) is 22.0 Å². The summed E-state index contributed by atoms with van der Waals surface area (Å²) in [6, 6.07) is 16.8. The maximum atomic E-state index is 12.7. The van der Waals surface area contributed by atoms with E-state index in [0.717, 1.165) is 35.3 Å². The van der Waals surface area contributed by atoms with Crippen molar-refractivity contribution in [1.29, 1.82) is 0 Å². The normalized spacial score (nSPS) is 13.2. The highest BCUT2D eigenvalue weighted by molar-refractivity contribution is 6.34. The summed E-state index contributed by atoms with van der Waals surface area (Å²) >= 11 is 6.54. The van der Waals surface area contributed by atoms with Gasteiger partial charge in [0.1, 0.15) is 0 Å². The first-order chi connectivity index (χ1) is 16.0. The lowest BCUT2D eigenvalue weighted by atomic mass is 10.1. The van der Waals surface area contributed by atoms with E-state index in [0.29, 0.717) is 28.7 Å². The number of nitrogens with zero attached hydrogens (tertiary/aromatic N) is 3. The molecular weight excluding hydrogens is 436 g/mol. The number of pyridine rings is 2. The molecule has 0 saturated heterocycles. The molecule has 0 radical (unpaired) electrons. The third-order valence-corrected chi connectivity index (χ3v) is 6.17. The van der Waals surface area contributed by atoms with Gasteiger partial charge in [-0.1, -0.05) is 17.7 Å². The van der Waals surface area contributed by atoms with E-state index in [1.807, 2.05) is 59.3 Å². The fourth-order valence-corrected chi connectivity index (χ4v) is 4.14. The molecule has 1 N–H and O–H groups in total. The maximum Gasteiger partial charge on any atom is 0.257 e. The smallest absolute Gasteiger partial charge is 0.257 e. The predicted molar refractivity (Wildman–Crippen MR) is 131 cm³/mol. The van der Waals surface area contributed by atoms with Gasteiger partial charge in [0.25, 0.3) is 5.91 Å². The standard InChI is InChI=1S/C26H23ClN4O2/c1-17(32)31(16-18-4-5-18)25-9-7-19(13-23(25)27)24-8-6-20(15-28-24)26(33)29-21-10-12-30-11-2-3-22(30)14-21/h2-3,6-15,18H,4-5,16H2,1H3,(H,29,33). The zero-order chi connectivity index (χ0) is 22.9. The van der Waals surface area contributed by atoms with Crippen LogP contribution in [0.4, 0.5) is 11.4 Å². The van der Waals surface area contributed by atoms with E-state index in [1.54, 1.807) is 30.2 Å². The van der Waals surface area contributed by atoms with Crippen LogP contribution in [0.3, 0.4) is 0 Å². The van der Waals surface area contributed by atoms with Crippen molar-refractivity contribution in [3.8, 4) is 11.3 Å². The van der Waals surface area contributed by atoms with Crippen LogP contribution in [-0.2, 0) is 4.79 Å². The highest BCUT2D eigenvalue weighted by Crippen LogP contribution is 2.35. The Morgan fingerprint density at radius 3 is 2.67 bits per heavy atom. The van der Waals surface area contributed by atoms with E-state index in [-0.39, 0.29) is 11.8 Å². The fraction of sp³-hybridized carbons (Fsp3) is 0.192. The second-order valence-electron chi connectivity index (χ2n) is 8.38. The highest BCUT2D eigenvalue weighted by atomic mass is 35.5. The molecule has 1 aliphatic carbocycles.